The highest BCUT2D eigenvalue weighted by Crippen LogP contribution is 2.20. The van der Waals surface area contributed by atoms with E-state index in [1.807, 2.05) is 37.1 Å². The van der Waals surface area contributed by atoms with Crippen LogP contribution in [0.15, 0.2) is 22.7 Å². The fourth-order valence-electron chi connectivity index (χ4n) is 2.53. The summed E-state index contributed by atoms with van der Waals surface area (Å²) in [5, 5.41) is 0. The number of hydrogen-bond donors (Lipinski definition) is 0. The van der Waals surface area contributed by atoms with Crippen molar-refractivity contribution >= 4 is 21.8 Å². The second kappa shape index (κ2) is 6.06. The number of halogens is 1. The van der Waals surface area contributed by atoms with Crippen molar-refractivity contribution < 1.29 is 4.79 Å². The normalized spacial score (nSPS) is 17.5. The molecule has 4 heteroatoms. The van der Waals surface area contributed by atoms with E-state index in [2.05, 4.69) is 27.9 Å². The number of piperidine rings is 1. The molecule has 0 aromatic heterocycles. The molecule has 1 amide bonds. The van der Waals surface area contributed by atoms with Crippen molar-refractivity contribution in [2.45, 2.75) is 25.8 Å². The van der Waals surface area contributed by atoms with E-state index in [0.717, 1.165) is 41.5 Å². The first kappa shape index (κ1) is 14.5. The molecule has 1 aliphatic heterocycles. The van der Waals surface area contributed by atoms with E-state index in [0.29, 0.717) is 6.04 Å². The number of aryl methyl sites for hydroxylation is 1. The number of likely N-dealkylation sites (tertiary alicyclic amines) is 1. The van der Waals surface area contributed by atoms with Crippen LogP contribution in [-0.2, 0) is 0 Å². The van der Waals surface area contributed by atoms with Crippen molar-refractivity contribution in [3.63, 3.8) is 0 Å². The zero-order chi connectivity index (χ0) is 14.0. The molecule has 0 aliphatic carbocycles. The quantitative estimate of drug-likeness (QED) is 0.835. The van der Waals surface area contributed by atoms with Gasteiger partial charge in [-0.05, 0) is 63.7 Å². The Balaban J connectivity index is 2.08. The third-order valence-electron chi connectivity index (χ3n) is 3.96. The van der Waals surface area contributed by atoms with Gasteiger partial charge in [0.05, 0.1) is 0 Å². The Bertz CT molecular complexity index is 467. The molecule has 0 bridgehead atoms. The molecule has 1 heterocycles. The average Bonchev–Trinajstić information content (AvgIpc) is 2.41. The summed E-state index contributed by atoms with van der Waals surface area (Å²) in [6.45, 7) is 4.15. The van der Waals surface area contributed by atoms with Gasteiger partial charge in [-0.3, -0.25) is 4.79 Å². The first-order chi connectivity index (χ1) is 8.99. The van der Waals surface area contributed by atoms with Crippen LogP contribution >= 0.6 is 15.9 Å². The summed E-state index contributed by atoms with van der Waals surface area (Å²) in [5.41, 5.74) is 1.88. The number of carbonyl (C=O) groups excluding carboxylic acids is 1. The first-order valence-electron chi connectivity index (χ1n) is 6.71. The highest BCUT2D eigenvalue weighted by atomic mass is 79.9. The molecule has 19 heavy (non-hydrogen) atoms. The Morgan fingerprint density at radius 1 is 1.37 bits per heavy atom. The predicted octanol–water partition coefficient (Wildman–Crippen LogP) is 2.92. The third-order valence-corrected chi connectivity index (χ3v) is 4.85. The van der Waals surface area contributed by atoms with Gasteiger partial charge >= 0.3 is 0 Å². The second-order valence-corrected chi connectivity index (χ2v) is 6.27. The van der Waals surface area contributed by atoms with Gasteiger partial charge in [-0.2, -0.15) is 0 Å². The Kier molecular flexibility index (Phi) is 4.63. The van der Waals surface area contributed by atoms with Crippen LogP contribution < -0.4 is 0 Å². The van der Waals surface area contributed by atoms with Gasteiger partial charge in [-0.1, -0.05) is 15.9 Å². The molecule has 1 aromatic carbocycles. The molecule has 0 atom stereocenters. The first-order valence-corrected chi connectivity index (χ1v) is 7.50. The van der Waals surface area contributed by atoms with Crippen molar-refractivity contribution in [1.29, 1.82) is 0 Å². The summed E-state index contributed by atoms with van der Waals surface area (Å²) in [4.78, 5) is 16.7. The number of hydrogen-bond acceptors (Lipinski definition) is 2. The van der Waals surface area contributed by atoms with Crippen LogP contribution in [0, 0.1) is 6.92 Å². The van der Waals surface area contributed by atoms with Crippen LogP contribution in [0.3, 0.4) is 0 Å². The van der Waals surface area contributed by atoms with E-state index in [4.69, 9.17) is 0 Å². The molecule has 1 saturated heterocycles. The molecule has 2 rings (SSSR count). The van der Waals surface area contributed by atoms with Crippen molar-refractivity contribution in [2.75, 3.05) is 27.2 Å². The minimum atomic E-state index is 0.130. The molecule has 0 unspecified atom stereocenters. The Morgan fingerprint density at radius 3 is 2.58 bits per heavy atom. The van der Waals surface area contributed by atoms with Gasteiger partial charge in [-0.25, -0.2) is 0 Å². The van der Waals surface area contributed by atoms with Gasteiger partial charge in [0.2, 0.25) is 0 Å². The van der Waals surface area contributed by atoms with Gasteiger partial charge in [-0.15, -0.1) is 0 Å². The molecule has 1 fully saturated rings. The zero-order valence-electron chi connectivity index (χ0n) is 11.8. The van der Waals surface area contributed by atoms with Crippen molar-refractivity contribution in [2.24, 2.45) is 0 Å². The molecular weight excluding hydrogens is 304 g/mol. The van der Waals surface area contributed by atoms with E-state index in [1.165, 1.54) is 0 Å². The standard InChI is InChI=1S/C15H21BrN2O/c1-11-10-12(4-5-14(11)16)15(19)18(3)13-6-8-17(2)9-7-13/h4-5,10,13H,6-9H2,1-3H3. The molecule has 104 valence electrons. The van der Waals surface area contributed by atoms with Crippen molar-refractivity contribution in [1.82, 2.24) is 9.80 Å². The minimum absolute atomic E-state index is 0.130. The Morgan fingerprint density at radius 2 is 2.00 bits per heavy atom. The van der Waals surface area contributed by atoms with Crippen LogP contribution in [0.1, 0.15) is 28.8 Å². The van der Waals surface area contributed by atoms with Gasteiger partial charge in [0.1, 0.15) is 0 Å². The summed E-state index contributed by atoms with van der Waals surface area (Å²) in [7, 11) is 4.06. The summed E-state index contributed by atoms with van der Waals surface area (Å²) in [5.74, 6) is 0.130. The van der Waals surface area contributed by atoms with Crippen LogP contribution in [0.25, 0.3) is 0 Å². The van der Waals surface area contributed by atoms with Gasteiger partial charge < -0.3 is 9.80 Å². The lowest BCUT2D eigenvalue weighted by molar-refractivity contribution is 0.0659. The molecule has 1 aromatic rings. The average molecular weight is 325 g/mol. The number of rotatable bonds is 2. The highest BCUT2D eigenvalue weighted by molar-refractivity contribution is 9.10. The maximum atomic E-state index is 12.5. The Hall–Kier alpha value is -0.870. The molecule has 0 radical (unpaired) electrons. The van der Waals surface area contributed by atoms with E-state index in [9.17, 15) is 4.79 Å². The van der Waals surface area contributed by atoms with E-state index < -0.39 is 0 Å². The lowest BCUT2D eigenvalue weighted by Gasteiger charge is -2.35. The highest BCUT2D eigenvalue weighted by Gasteiger charge is 2.24. The molecule has 0 N–H and O–H groups in total. The van der Waals surface area contributed by atoms with Gasteiger partial charge in [0.15, 0.2) is 0 Å². The number of amides is 1. The largest absolute Gasteiger partial charge is 0.339 e. The van der Waals surface area contributed by atoms with Gasteiger partial charge in [0.25, 0.3) is 5.91 Å². The number of nitrogens with zero attached hydrogens (tertiary/aromatic N) is 2. The fraction of sp³-hybridized carbons (Fsp3) is 0.533. The van der Waals surface area contributed by atoms with E-state index in [1.54, 1.807) is 0 Å². The van der Waals surface area contributed by atoms with Crippen LogP contribution in [0.2, 0.25) is 0 Å². The maximum absolute atomic E-state index is 12.5. The summed E-state index contributed by atoms with van der Waals surface area (Å²) >= 11 is 3.47. The third kappa shape index (κ3) is 3.37. The van der Waals surface area contributed by atoms with Gasteiger partial charge in [0, 0.05) is 23.1 Å². The molecule has 0 saturated carbocycles. The number of carbonyl (C=O) groups is 1. The van der Waals surface area contributed by atoms with Crippen molar-refractivity contribution in [3.05, 3.63) is 33.8 Å². The summed E-state index contributed by atoms with van der Waals surface area (Å²) < 4.78 is 1.05. The predicted molar refractivity (Wildman–Crippen MR) is 81.5 cm³/mol. The smallest absolute Gasteiger partial charge is 0.253 e. The van der Waals surface area contributed by atoms with Crippen LogP contribution in [0.4, 0.5) is 0 Å². The summed E-state index contributed by atoms with van der Waals surface area (Å²) in [6.07, 6.45) is 2.13. The fourth-order valence-corrected chi connectivity index (χ4v) is 2.78. The zero-order valence-corrected chi connectivity index (χ0v) is 13.4. The molecular formula is C15H21BrN2O. The lowest BCUT2D eigenvalue weighted by atomic mass is 10.0. The molecule has 0 spiro atoms. The topological polar surface area (TPSA) is 23.6 Å². The molecule has 1 aliphatic rings. The van der Waals surface area contributed by atoms with Crippen LogP contribution in [-0.4, -0.2) is 48.9 Å². The molecule has 3 nitrogen and oxygen atoms in total. The maximum Gasteiger partial charge on any atom is 0.253 e. The lowest BCUT2D eigenvalue weighted by Crippen LogP contribution is -2.44. The van der Waals surface area contributed by atoms with E-state index >= 15 is 0 Å². The second-order valence-electron chi connectivity index (χ2n) is 5.41. The monoisotopic (exact) mass is 324 g/mol. The number of benzene rings is 1. The van der Waals surface area contributed by atoms with Crippen molar-refractivity contribution in [3.8, 4) is 0 Å². The van der Waals surface area contributed by atoms with E-state index in [-0.39, 0.29) is 5.91 Å². The minimum Gasteiger partial charge on any atom is -0.339 e. The Labute approximate surface area is 123 Å². The SMILES string of the molecule is Cc1cc(C(=O)N(C)C2CCN(C)CC2)ccc1Br. The summed E-state index contributed by atoms with van der Waals surface area (Å²) in [6, 6.07) is 6.17. The van der Waals surface area contributed by atoms with Crippen LogP contribution in [0.5, 0.6) is 0 Å².